The highest BCUT2D eigenvalue weighted by Gasteiger charge is 2.68. The predicted octanol–water partition coefficient (Wildman–Crippen LogP) is 4.18. The molecule has 0 saturated heterocycles. The van der Waals surface area contributed by atoms with Crippen molar-refractivity contribution in [3.05, 3.63) is 32.7 Å². The zero-order valence-electron chi connectivity index (χ0n) is 7.75. The van der Waals surface area contributed by atoms with Gasteiger partial charge >= 0.3 is 5.97 Å². The van der Waals surface area contributed by atoms with E-state index in [1.165, 1.54) is 0 Å². The van der Waals surface area contributed by atoms with Crippen LogP contribution >= 0.6 is 55.1 Å². The van der Waals surface area contributed by atoms with Crippen molar-refractivity contribution >= 4 is 61.0 Å². The van der Waals surface area contributed by atoms with E-state index in [0.717, 1.165) is 14.5 Å². The number of hydrogen-bond acceptors (Lipinski definition) is 1. The van der Waals surface area contributed by atoms with Crippen LogP contribution in [0.15, 0.2) is 27.1 Å². The Morgan fingerprint density at radius 1 is 1.31 bits per heavy atom. The van der Waals surface area contributed by atoms with E-state index in [9.17, 15) is 4.79 Å². The summed E-state index contributed by atoms with van der Waals surface area (Å²) in [7, 11) is 0. The molecule has 0 bridgehead atoms. The fourth-order valence-electron chi connectivity index (χ4n) is 1.75. The van der Waals surface area contributed by atoms with Crippen molar-refractivity contribution < 1.29 is 9.90 Å². The van der Waals surface area contributed by atoms with E-state index in [-0.39, 0.29) is 5.92 Å². The van der Waals surface area contributed by atoms with Gasteiger partial charge < -0.3 is 5.11 Å². The third kappa shape index (κ3) is 2.01. The Hall–Kier alpha value is 0.230. The number of hydrogen-bond donors (Lipinski definition) is 1. The van der Waals surface area contributed by atoms with Gasteiger partial charge in [0.15, 0.2) is 0 Å². The molecule has 0 amide bonds. The molecule has 1 aromatic carbocycles. The largest absolute Gasteiger partial charge is 0.481 e. The summed E-state index contributed by atoms with van der Waals surface area (Å²) < 4.78 is 0.558. The topological polar surface area (TPSA) is 37.3 Å². The van der Waals surface area contributed by atoms with Crippen LogP contribution in [0.3, 0.4) is 0 Å². The van der Waals surface area contributed by atoms with E-state index in [1.54, 1.807) is 0 Å². The van der Waals surface area contributed by atoms with Crippen LogP contribution in [0.1, 0.15) is 11.5 Å². The first-order valence-corrected chi connectivity index (χ1v) is 6.75. The number of rotatable bonds is 2. The molecule has 0 aromatic heterocycles. The van der Waals surface area contributed by atoms with Crippen LogP contribution in [-0.2, 0) is 4.79 Å². The lowest BCUT2D eigenvalue weighted by Crippen LogP contribution is -2.03. The zero-order chi connectivity index (χ0) is 12.1. The van der Waals surface area contributed by atoms with E-state index in [2.05, 4.69) is 31.9 Å². The molecule has 2 rings (SSSR count). The van der Waals surface area contributed by atoms with Crippen LogP contribution in [0, 0.1) is 5.92 Å². The summed E-state index contributed by atoms with van der Waals surface area (Å²) in [6.07, 6.45) is 0. The first kappa shape index (κ1) is 12.7. The number of carbonyl (C=O) groups is 1. The summed E-state index contributed by atoms with van der Waals surface area (Å²) in [5, 5.41) is 8.95. The average molecular weight is 389 g/mol. The molecule has 1 aromatic rings. The minimum atomic E-state index is -1.20. The van der Waals surface area contributed by atoms with Gasteiger partial charge in [0.1, 0.15) is 4.33 Å². The molecule has 2 unspecified atom stereocenters. The van der Waals surface area contributed by atoms with Gasteiger partial charge in [0.2, 0.25) is 0 Å². The van der Waals surface area contributed by atoms with Gasteiger partial charge in [-0.15, -0.1) is 0 Å². The highest BCUT2D eigenvalue weighted by molar-refractivity contribution is 9.13. The summed E-state index contributed by atoms with van der Waals surface area (Å²) in [6.45, 7) is 0. The number of carboxylic acid groups (broad SMARTS) is 1. The number of halogens is 4. The molecular formula is C10H6Br2Cl2O2. The van der Waals surface area contributed by atoms with Crippen molar-refractivity contribution in [1.82, 2.24) is 0 Å². The standard InChI is InChI=1S/C10H6Br2Cl2O2/c11-5-2-1-4(3-6(5)12)7-8(9(15)16)10(7,13)14/h1-3,7-8H,(H,15,16). The quantitative estimate of drug-likeness (QED) is 0.771. The summed E-state index contributed by atoms with van der Waals surface area (Å²) in [6, 6.07) is 5.49. The van der Waals surface area contributed by atoms with Crippen molar-refractivity contribution in [3.8, 4) is 0 Å². The van der Waals surface area contributed by atoms with E-state index in [0.29, 0.717) is 0 Å². The maximum absolute atomic E-state index is 10.9. The van der Waals surface area contributed by atoms with Gasteiger partial charge in [0.25, 0.3) is 0 Å². The maximum Gasteiger partial charge on any atom is 0.310 e. The monoisotopic (exact) mass is 386 g/mol. The summed E-state index contributed by atoms with van der Waals surface area (Å²) in [5.41, 5.74) is 0.826. The first-order chi connectivity index (χ1) is 7.35. The molecule has 0 radical (unpaired) electrons. The van der Waals surface area contributed by atoms with Crippen molar-refractivity contribution in [1.29, 1.82) is 0 Å². The average Bonchev–Trinajstić information content (AvgIpc) is 2.74. The number of benzene rings is 1. The maximum atomic E-state index is 10.9. The normalized spacial score (nSPS) is 26.5. The van der Waals surface area contributed by atoms with Crippen LogP contribution in [0.2, 0.25) is 0 Å². The third-order valence-electron chi connectivity index (χ3n) is 2.62. The van der Waals surface area contributed by atoms with Crippen molar-refractivity contribution in [2.45, 2.75) is 10.3 Å². The molecule has 6 heteroatoms. The lowest BCUT2D eigenvalue weighted by molar-refractivity contribution is -0.138. The first-order valence-electron chi connectivity index (χ1n) is 4.41. The van der Waals surface area contributed by atoms with Gasteiger partial charge in [-0.05, 0) is 49.6 Å². The molecular weight excluding hydrogens is 383 g/mol. The van der Waals surface area contributed by atoms with Crippen molar-refractivity contribution in [2.24, 2.45) is 5.92 Å². The molecule has 0 heterocycles. The Morgan fingerprint density at radius 3 is 2.38 bits per heavy atom. The van der Waals surface area contributed by atoms with Crippen molar-refractivity contribution in [3.63, 3.8) is 0 Å². The van der Waals surface area contributed by atoms with Crippen LogP contribution in [-0.4, -0.2) is 15.4 Å². The lowest BCUT2D eigenvalue weighted by Gasteiger charge is -2.02. The van der Waals surface area contributed by atoms with Crippen LogP contribution < -0.4 is 0 Å². The second kappa shape index (κ2) is 4.16. The second-order valence-electron chi connectivity index (χ2n) is 3.64. The minimum Gasteiger partial charge on any atom is -0.481 e. The van der Waals surface area contributed by atoms with Gasteiger partial charge in [-0.1, -0.05) is 29.3 Å². The Labute approximate surface area is 119 Å². The molecule has 2 nitrogen and oxygen atoms in total. The fourth-order valence-corrected chi connectivity index (χ4v) is 3.21. The SMILES string of the molecule is O=C(O)C1C(c2ccc(Br)c(Br)c2)C1(Cl)Cl. The zero-order valence-corrected chi connectivity index (χ0v) is 12.4. The molecule has 1 aliphatic rings. The highest BCUT2D eigenvalue weighted by Crippen LogP contribution is 2.65. The molecule has 1 aliphatic carbocycles. The van der Waals surface area contributed by atoms with Gasteiger partial charge in [0.05, 0.1) is 5.92 Å². The van der Waals surface area contributed by atoms with Crippen LogP contribution in [0.5, 0.6) is 0 Å². The summed E-state index contributed by atoms with van der Waals surface area (Å²) in [5.74, 6) is -2.05. The third-order valence-corrected chi connectivity index (χ3v) is 5.44. The predicted molar refractivity (Wildman–Crippen MR) is 70.1 cm³/mol. The molecule has 16 heavy (non-hydrogen) atoms. The minimum absolute atomic E-state index is 0.349. The highest BCUT2D eigenvalue weighted by atomic mass is 79.9. The van der Waals surface area contributed by atoms with Crippen LogP contribution in [0.4, 0.5) is 0 Å². The number of carboxylic acids is 1. The molecule has 0 spiro atoms. The van der Waals surface area contributed by atoms with Crippen molar-refractivity contribution in [2.75, 3.05) is 0 Å². The Bertz CT molecular complexity index is 462. The summed E-state index contributed by atoms with van der Waals surface area (Å²) >= 11 is 18.6. The molecule has 2 atom stereocenters. The molecule has 1 saturated carbocycles. The van der Waals surface area contributed by atoms with Gasteiger partial charge in [-0.2, -0.15) is 0 Å². The van der Waals surface area contributed by atoms with Gasteiger partial charge in [-0.3, -0.25) is 4.79 Å². The number of aliphatic carboxylic acids is 1. The van der Waals surface area contributed by atoms with Crippen LogP contribution in [0.25, 0.3) is 0 Å². The van der Waals surface area contributed by atoms with E-state index < -0.39 is 16.2 Å². The van der Waals surface area contributed by atoms with Gasteiger partial charge in [0, 0.05) is 14.9 Å². The Morgan fingerprint density at radius 2 is 1.94 bits per heavy atom. The fraction of sp³-hybridized carbons (Fsp3) is 0.300. The van der Waals surface area contributed by atoms with E-state index in [1.807, 2.05) is 18.2 Å². The Kier molecular flexibility index (Phi) is 3.30. The Balaban J connectivity index is 2.33. The molecule has 86 valence electrons. The second-order valence-corrected chi connectivity index (χ2v) is 6.79. The van der Waals surface area contributed by atoms with E-state index in [4.69, 9.17) is 28.3 Å². The molecule has 1 N–H and O–H groups in total. The van der Waals surface area contributed by atoms with E-state index >= 15 is 0 Å². The molecule has 1 fully saturated rings. The smallest absolute Gasteiger partial charge is 0.310 e. The molecule has 0 aliphatic heterocycles. The summed E-state index contributed by atoms with van der Waals surface area (Å²) in [4.78, 5) is 10.9. The lowest BCUT2D eigenvalue weighted by atomic mass is 10.1. The van der Waals surface area contributed by atoms with Gasteiger partial charge in [-0.25, -0.2) is 0 Å². The number of alkyl halides is 2.